The van der Waals surface area contributed by atoms with Gasteiger partial charge in [0.05, 0.1) is 4.47 Å². The maximum Gasteiger partial charge on any atom is 0.227 e. The van der Waals surface area contributed by atoms with Crippen molar-refractivity contribution in [1.82, 2.24) is 0 Å². The van der Waals surface area contributed by atoms with Crippen molar-refractivity contribution >= 4 is 21.7 Å². The molecule has 0 fully saturated rings. The summed E-state index contributed by atoms with van der Waals surface area (Å²) in [7, 11) is 0. The van der Waals surface area contributed by atoms with Gasteiger partial charge in [0, 0.05) is 11.6 Å². The van der Waals surface area contributed by atoms with Crippen LogP contribution in [-0.2, 0) is 6.54 Å². The highest BCUT2D eigenvalue weighted by molar-refractivity contribution is 9.10. The fourth-order valence-corrected chi connectivity index (χ4v) is 1.90. The molecule has 1 aromatic carbocycles. The number of pyridine rings is 1. The third kappa shape index (κ3) is 3.99. The van der Waals surface area contributed by atoms with Crippen LogP contribution in [-0.4, -0.2) is 5.78 Å². The van der Waals surface area contributed by atoms with Gasteiger partial charge in [-0.25, -0.2) is 4.39 Å². The lowest BCUT2D eigenvalue weighted by Gasteiger charge is -1.98. The highest BCUT2D eigenvalue weighted by atomic mass is 79.9. The van der Waals surface area contributed by atoms with Crippen molar-refractivity contribution in [3.05, 3.63) is 64.6 Å². The van der Waals surface area contributed by atoms with Gasteiger partial charge in [-0.15, -0.1) is 0 Å². The molecule has 2 nitrogen and oxygen atoms in total. The number of nitrogens with zero attached hydrogens (tertiary/aromatic N) is 1. The van der Waals surface area contributed by atoms with Crippen LogP contribution in [0.3, 0.4) is 0 Å². The van der Waals surface area contributed by atoms with Crippen LogP contribution in [0.4, 0.5) is 4.39 Å². The van der Waals surface area contributed by atoms with E-state index in [1.54, 1.807) is 4.57 Å². The largest absolute Gasteiger partial charge is 1.00 e. The second-order valence-electron chi connectivity index (χ2n) is 3.62. The van der Waals surface area contributed by atoms with Crippen molar-refractivity contribution in [2.24, 2.45) is 0 Å². The summed E-state index contributed by atoms with van der Waals surface area (Å²) in [6.45, 7) is 0.241. The minimum absolute atomic E-state index is 0. The van der Waals surface area contributed by atoms with Gasteiger partial charge < -0.3 is 17.0 Å². The van der Waals surface area contributed by atoms with Crippen molar-refractivity contribution in [2.45, 2.75) is 6.54 Å². The number of carbonyl (C=O) groups excluding carboxylic acids is 1. The van der Waals surface area contributed by atoms with E-state index >= 15 is 0 Å². The molecule has 0 spiro atoms. The summed E-state index contributed by atoms with van der Waals surface area (Å²) in [4.78, 5) is 11.9. The van der Waals surface area contributed by atoms with Gasteiger partial charge >= 0.3 is 0 Å². The number of Topliss-reactive ketones (excluding diaryl/α,β-unsaturated/α-hetero) is 1. The van der Waals surface area contributed by atoms with Gasteiger partial charge in [0.15, 0.2) is 12.4 Å². The fraction of sp³-hybridized carbons (Fsp3) is 0.0769. The molecule has 0 atom stereocenters. The molecule has 0 aliphatic carbocycles. The number of hydrogen-bond donors (Lipinski definition) is 0. The average molecular weight is 375 g/mol. The molecule has 5 heteroatoms. The van der Waals surface area contributed by atoms with E-state index in [1.807, 2.05) is 24.5 Å². The molecule has 0 saturated heterocycles. The van der Waals surface area contributed by atoms with Gasteiger partial charge in [-0.2, -0.15) is 4.57 Å². The molecule has 0 saturated carbocycles. The van der Waals surface area contributed by atoms with Gasteiger partial charge in [-0.3, -0.25) is 4.79 Å². The minimum Gasteiger partial charge on any atom is -1.00 e. The summed E-state index contributed by atoms with van der Waals surface area (Å²) >= 11 is 3.34. The van der Waals surface area contributed by atoms with Gasteiger partial charge in [0.25, 0.3) is 0 Å². The number of halogens is 3. The molecule has 2 rings (SSSR count). The lowest BCUT2D eigenvalue weighted by Crippen LogP contribution is -3.00. The van der Waals surface area contributed by atoms with Crippen LogP contribution in [0, 0.1) is 5.82 Å². The highest BCUT2D eigenvalue weighted by Crippen LogP contribution is 2.05. The molecular weight excluding hydrogens is 365 g/mol. The standard InChI is InChI=1S/C13H10BrFNO.BrH/c14-11-2-1-7-16(8-11)9-13(17)10-3-5-12(15)6-4-10;/h1-8H,9H2;1H/q+1;/p-1. The Hall–Kier alpha value is -1.07. The molecule has 2 aromatic rings. The summed E-state index contributed by atoms with van der Waals surface area (Å²) in [6, 6.07) is 9.31. The molecule has 1 heterocycles. The van der Waals surface area contributed by atoms with E-state index in [9.17, 15) is 9.18 Å². The van der Waals surface area contributed by atoms with Crippen LogP contribution in [0.2, 0.25) is 0 Å². The molecule has 94 valence electrons. The van der Waals surface area contributed by atoms with Gasteiger partial charge in [0.1, 0.15) is 5.82 Å². The number of hydrogen-bond acceptors (Lipinski definition) is 1. The van der Waals surface area contributed by atoms with E-state index in [2.05, 4.69) is 15.9 Å². The number of benzene rings is 1. The molecule has 0 aliphatic rings. The Morgan fingerprint density at radius 3 is 2.50 bits per heavy atom. The van der Waals surface area contributed by atoms with Gasteiger partial charge in [-0.05, 0) is 46.3 Å². The first-order chi connectivity index (χ1) is 8.15. The second-order valence-corrected chi connectivity index (χ2v) is 4.54. The predicted octanol–water partition coefficient (Wildman–Crippen LogP) is -0.237. The molecule has 18 heavy (non-hydrogen) atoms. The maximum atomic E-state index is 12.7. The monoisotopic (exact) mass is 373 g/mol. The van der Waals surface area contributed by atoms with E-state index < -0.39 is 0 Å². The summed E-state index contributed by atoms with van der Waals surface area (Å²) in [5.41, 5.74) is 0.513. The number of aromatic nitrogens is 1. The normalized spacial score (nSPS) is 9.67. The second kappa shape index (κ2) is 6.75. The Morgan fingerprint density at radius 2 is 1.89 bits per heavy atom. The van der Waals surface area contributed by atoms with Crippen molar-refractivity contribution in [3.63, 3.8) is 0 Å². The first kappa shape index (κ1) is 15.0. The fourth-order valence-electron chi connectivity index (χ4n) is 1.48. The number of ketones is 1. The first-order valence-electron chi connectivity index (χ1n) is 5.08. The minimum atomic E-state index is -0.336. The molecule has 0 amide bonds. The maximum absolute atomic E-state index is 12.7. The summed E-state index contributed by atoms with van der Waals surface area (Å²) in [5, 5.41) is 0. The van der Waals surface area contributed by atoms with E-state index in [1.165, 1.54) is 24.3 Å². The topological polar surface area (TPSA) is 20.9 Å². The third-order valence-electron chi connectivity index (χ3n) is 2.31. The number of carbonyl (C=O) groups is 1. The van der Waals surface area contributed by atoms with E-state index in [-0.39, 0.29) is 35.1 Å². The summed E-state index contributed by atoms with van der Waals surface area (Å²) in [5.74, 6) is -0.384. The van der Waals surface area contributed by atoms with E-state index in [0.717, 1.165) is 4.47 Å². The lowest BCUT2D eigenvalue weighted by atomic mass is 10.1. The Bertz CT molecular complexity index is 543. The lowest BCUT2D eigenvalue weighted by molar-refractivity contribution is -0.683. The van der Waals surface area contributed by atoms with Crippen LogP contribution < -0.4 is 21.5 Å². The molecule has 1 aromatic heterocycles. The smallest absolute Gasteiger partial charge is 0.227 e. The van der Waals surface area contributed by atoms with Crippen LogP contribution in [0.25, 0.3) is 0 Å². The predicted molar refractivity (Wildman–Crippen MR) is 65.1 cm³/mol. The van der Waals surface area contributed by atoms with Crippen LogP contribution in [0.5, 0.6) is 0 Å². The van der Waals surface area contributed by atoms with E-state index in [0.29, 0.717) is 5.56 Å². The highest BCUT2D eigenvalue weighted by Gasteiger charge is 2.12. The summed E-state index contributed by atoms with van der Waals surface area (Å²) in [6.07, 6.45) is 3.63. The van der Waals surface area contributed by atoms with Crippen molar-refractivity contribution in [2.75, 3.05) is 0 Å². The zero-order valence-electron chi connectivity index (χ0n) is 9.32. The van der Waals surface area contributed by atoms with Crippen LogP contribution in [0.15, 0.2) is 53.3 Å². The quantitative estimate of drug-likeness (QED) is 0.536. The Morgan fingerprint density at radius 1 is 1.22 bits per heavy atom. The summed E-state index contributed by atoms with van der Waals surface area (Å²) < 4.78 is 15.4. The molecule has 0 bridgehead atoms. The Balaban J connectivity index is 0.00000162. The molecular formula is C13H10Br2FNO. The number of rotatable bonds is 3. The molecule has 0 unspecified atom stereocenters. The average Bonchev–Trinajstić information content (AvgIpc) is 2.29. The van der Waals surface area contributed by atoms with Crippen LogP contribution in [0.1, 0.15) is 10.4 Å². The van der Waals surface area contributed by atoms with E-state index in [4.69, 9.17) is 0 Å². The SMILES string of the molecule is O=C(C[n+]1cccc(Br)c1)c1ccc(F)cc1.[Br-]. The Labute approximate surface area is 123 Å². The van der Waals surface area contributed by atoms with Crippen molar-refractivity contribution in [3.8, 4) is 0 Å². The van der Waals surface area contributed by atoms with Gasteiger partial charge in [0.2, 0.25) is 12.3 Å². The zero-order chi connectivity index (χ0) is 12.3. The molecule has 0 N–H and O–H groups in total. The zero-order valence-corrected chi connectivity index (χ0v) is 12.5. The van der Waals surface area contributed by atoms with Gasteiger partial charge in [-0.1, -0.05) is 0 Å². The molecule has 0 radical (unpaired) electrons. The van der Waals surface area contributed by atoms with Crippen LogP contribution >= 0.6 is 15.9 Å². The first-order valence-corrected chi connectivity index (χ1v) is 5.88. The molecule has 0 aliphatic heterocycles. The van der Waals surface area contributed by atoms with Crippen molar-refractivity contribution < 1.29 is 30.7 Å². The Kier molecular flexibility index (Phi) is 5.62. The third-order valence-corrected chi connectivity index (χ3v) is 2.78. The van der Waals surface area contributed by atoms with Crippen molar-refractivity contribution in [1.29, 1.82) is 0 Å².